The molecule has 0 spiro atoms. The van der Waals surface area contributed by atoms with Gasteiger partial charge in [0.1, 0.15) is 11.6 Å². The fourth-order valence-electron chi connectivity index (χ4n) is 4.96. The Labute approximate surface area is 210 Å². The van der Waals surface area contributed by atoms with Crippen molar-refractivity contribution in [3.8, 4) is 5.75 Å². The van der Waals surface area contributed by atoms with E-state index < -0.39 is 11.6 Å². The molecule has 0 bridgehead atoms. The average molecular weight is 504 g/mol. The number of nitrogens with zero attached hydrogens (tertiary/aromatic N) is 4. The summed E-state index contributed by atoms with van der Waals surface area (Å²) in [6.07, 6.45) is 4.72. The van der Waals surface area contributed by atoms with Crippen LogP contribution in [0.2, 0.25) is 0 Å². The third kappa shape index (κ3) is 6.21. The van der Waals surface area contributed by atoms with Crippen molar-refractivity contribution in [2.75, 3.05) is 37.7 Å². The number of amides is 1. The largest absolute Gasteiger partial charge is 0.490 e. The number of piperidine rings is 1. The number of ether oxygens (including phenoxy) is 2. The molecule has 1 aromatic carbocycles. The molecule has 0 saturated carbocycles. The molecule has 2 aromatic rings. The molecule has 4 rings (SSSR count). The van der Waals surface area contributed by atoms with Crippen molar-refractivity contribution in [3.05, 3.63) is 47.8 Å². The Balaban J connectivity index is 1.26. The van der Waals surface area contributed by atoms with Gasteiger partial charge < -0.3 is 25.0 Å². The Morgan fingerprint density at radius 3 is 2.50 bits per heavy atom. The summed E-state index contributed by atoms with van der Waals surface area (Å²) in [5.41, 5.74) is 6.53. The number of likely N-dealkylation sites (tertiary alicyclic amines) is 1. The number of carbonyl (C=O) groups is 1. The van der Waals surface area contributed by atoms with E-state index in [2.05, 4.69) is 16.9 Å². The number of halogens is 2. The number of aromatic nitrogens is 2. The van der Waals surface area contributed by atoms with E-state index in [0.717, 1.165) is 25.0 Å². The maximum atomic E-state index is 14.3. The molecule has 36 heavy (non-hydrogen) atoms. The van der Waals surface area contributed by atoms with Gasteiger partial charge in [-0.25, -0.2) is 23.5 Å². The summed E-state index contributed by atoms with van der Waals surface area (Å²) in [7, 11) is 0. The summed E-state index contributed by atoms with van der Waals surface area (Å²) < 4.78 is 39.1. The minimum absolute atomic E-state index is 0.115. The summed E-state index contributed by atoms with van der Waals surface area (Å²) in [6, 6.07) is 3.09. The lowest BCUT2D eigenvalue weighted by Gasteiger charge is -2.34. The molecule has 1 amide bonds. The number of hydrogen-bond donors (Lipinski definition) is 1. The van der Waals surface area contributed by atoms with E-state index in [1.54, 1.807) is 17.3 Å². The van der Waals surface area contributed by atoms with Gasteiger partial charge in [0, 0.05) is 38.1 Å². The van der Waals surface area contributed by atoms with Gasteiger partial charge in [-0.1, -0.05) is 6.92 Å². The van der Waals surface area contributed by atoms with E-state index in [4.69, 9.17) is 15.2 Å². The molecule has 2 N–H and O–H groups in total. The van der Waals surface area contributed by atoms with Crippen LogP contribution in [0.1, 0.15) is 45.1 Å². The van der Waals surface area contributed by atoms with Crippen LogP contribution in [0.5, 0.6) is 5.75 Å². The first-order chi connectivity index (χ1) is 17.2. The van der Waals surface area contributed by atoms with E-state index >= 15 is 0 Å². The van der Waals surface area contributed by atoms with Crippen LogP contribution in [0.3, 0.4) is 0 Å². The second-order valence-electron chi connectivity index (χ2n) is 10.1. The third-order valence-corrected chi connectivity index (χ3v) is 7.07. The van der Waals surface area contributed by atoms with Gasteiger partial charge >= 0.3 is 6.09 Å². The first-order valence-corrected chi connectivity index (χ1v) is 12.6. The normalized spacial score (nSPS) is 21.6. The Morgan fingerprint density at radius 1 is 1.14 bits per heavy atom. The standard InChI is InChI=1S/C26H35F2N5O3/c1-16(2)36-26(34)32-8-6-18(7-9-32)17(3)15-35-20-11-30-25(31-12-20)33-13-22(24(29)14-33)21-10-19(27)4-5-23(21)28/h4-5,10-12,16-18,22,24H,6-9,13-15,29H2,1-3H3/t17-,22+,24-/m0/s1. The fraction of sp³-hybridized carbons (Fsp3) is 0.577. The molecule has 0 aliphatic carbocycles. The van der Waals surface area contributed by atoms with Gasteiger partial charge in [-0.05, 0) is 62.3 Å². The number of hydrogen-bond acceptors (Lipinski definition) is 7. The second kappa shape index (κ2) is 11.4. The van der Waals surface area contributed by atoms with Crippen molar-refractivity contribution in [2.24, 2.45) is 17.6 Å². The summed E-state index contributed by atoms with van der Waals surface area (Å²) in [4.78, 5) is 24.6. The minimum Gasteiger partial charge on any atom is -0.490 e. The first kappa shape index (κ1) is 26.1. The molecular formula is C26H35F2N5O3. The summed E-state index contributed by atoms with van der Waals surface area (Å²) in [5, 5.41) is 0. The number of nitrogens with two attached hydrogens (primary N) is 1. The number of benzene rings is 1. The number of carbonyl (C=O) groups excluding carboxylic acids is 1. The predicted molar refractivity (Wildman–Crippen MR) is 132 cm³/mol. The molecule has 2 aliphatic heterocycles. The second-order valence-corrected chi connectivity index (χ2v) is 10.1. The average Bonchev–Trinajstić information content (AvgIpc) is 3.25. The third-order valence-electron chi connectivity index (χ3n) is 7.07. The molecule has 3 heterocycles. The zero-order valence-corrected chi connectivity index (χ0v) is 21.1. The van der Waals surface area contributed by atoms with Gasteiger partial charge in [0.25, 0.3) is 0 Å². The quantitative estimate of drug-likeness (QED) is 0.611. The molecular weight excluding hydrogens is 468 g/mol. The zero-order valence-electron chi connectivity index (χ0n) is 21.1. The van der Waals surface area contributed by atoms with E-state index in [1.165, 1.54) is 6.07 Å². The highest BCUT2D eigenvalue weighted by Gasteiger charge is 2.34. The molecule has 0 radical (unpaired) electrons. The van der Waals surface area contributed by atoms with Crippen LogP contribution in [0.4, 0.5) is 19.5 Å². The molecule has 8 nitrogen and oxygen atoms in total. The lowest BCUT2D eigenvalue weighted by atomic mass is 9.86. The van der Waals surface area contributed by atoms with Gasteiger partial charge in [0.15, 0.2) is 5.75 Å². The van der Waals surface area contributed by atoms with E-state index in [9.17, 15) is 13.6 Å². The lowest BCUT2D eigenvalue weighted by molar-refractivity contribution is 0.0577. The molecule has 3 atom stereocenters. The topological polar surface area (TPSA) is 93.8 Å². The highest BCUT2D eigenvalue weighted by molar-refractivity contribution is 5.67. The van der Waals surface area contributed by atoms with Crippen molar-refractivity contribution in [3.63, 3.8) is 0 Å². The SMILES string of the molecule is CC(C)OC(=O)N1CCC([C@@H](C)COc2cnc(N3C[C@H](c4cc(F)ccc4F)[C@@H](N)C3)nc2)CC1. The van der Waals surface area contributed by atoms with Crippen molar-refractivity contribution in [1.29, 1.82) is 0 Å². The molecule has 0 unspecified atom stereocenters. The highest BCUT2D eigenvalue weighted by Crippen LogP contribution is 2.31. The molecule has 2 aliphatic rings. The van der Waals surface area contributed by atoms with Crippen LogP contribution in [0.15, 0.2) is 30.6 Å². The van der Waals surface area contributed by atoms with Crippen molar-refractivity contribution in [2.45, 2.75) is 51.7 Å². The smallest absolute Gasteiger partial charge is 0.410 e. The maximum absolute atomic E-state index is 14.3. The van der Waals surface area contributed by atoms with Crippen LogP contribution >= 0.6 is 0 Å². The monoisotopic (exact) mass is 503 g/mol. The molecule has 10 heteroatoms. The molecule has 2 saturated heterocycles. The fourth-order valence-corrected chi connectivity index (χ4v) is 4.96. The van der Waals surface area contributed by atoms with Crippen LogP contribution in [0.25, 0.3) is 0 Å². The van der Waals surface area contributed by atoms with Crippen molar-refractivity contribution < 1.29 is 23.0 Å². The van der Waals surface area contributed by atoms with E-state index in [-0.39, 0.29) is 29.7 Å². The van der Waals surface area contributed by atoms with Crippen LogP contribution in [-0.4, -0.2) is 65.9 Å². The maximum Gasteiger partial charge on any atom is 0.410 e. The highest BCUT2D eigenvalue weighted by atomic mass is 19.1. The van der Waals surface area contributed by atoms with Gasteiger partial charge in [-0.15, -0.1) is 0 Å². The summed E-state index contributed by atoms with van der Waals surface area (Å²) in [5.74, 6) is 0.526. The molecule has 196 valence electrons. The number of rotatable bonds is 7. The van der Waals surface area contributed by atoms with Gasteiger partial charge in [-0.3, -0.25) is 0 Å². The Kier molecular flexibility index (Phi) is 8.23. The van der Waals surface area contributed by atoms with E-state index in [0.29, 0.717) is 56.3 Å². The molecule has 1 aromatic heterocycles. The lowest BCUT2D eigenvalue weighted by Crippen LogP contribution is -2.41. The Morgan fingerprint density at radius 2 is 1.83 bits per heavy atom. The van der Waals surface area contributed by atoms with Gasteiger partial charge in [-0.2, -0.15) is 0 Å². The Bertz CT molecular complexity index is 1030. The van der Waals surface area contributed by atoms with Crippen molar-refractivity contribution >= 4 is 12.0 Å². The van der Waals surface area contributed by atoms with Crippen LogP contribution < -0.4 is 15.4 Å². The first-order valence-electron chi connectivity index (χ1n) is 12.6. The summed E-state index contributed by atoms with van der Waals surface area (Å²) in [6.45, 7) is 8.62. The number of anilines is 1. The Hall–Kier alpha value is -3.01. The van der Waals surface area contributed by atoms with Gasteiger partial charge in [0.05, 0.1) is 25.1 Å². The summed E-state index contributed by atoms with van der Waals surface area (Å²) >= 11 is 0. The molecule has 2 fully saturated rings. The van der Waals surface area contributed by atoms with Crippen LogP contribution in [-0.2, 0) is 4.74 Å². The van der Waals surface area contributed by atoms with Gasteiger partial charge in [0.2, 0.25) is 5.95 Å². The van der Waals surface area contributed by atoms with Crippen LogP contribution in [0, 0.1) is 23.5 Å². The van der Waals surface area contributed by atoms with E-state index in [1.807, 2.05) is 18.7 Å². The minimum atomic E-state index is -0.483. The zero-order chi connectivity index (χ0) is 25.8. The van der Waals surface area contributed by atoms with Crippen molar-refractivity contribution in [1.82, 2.24) is 14.9 Å². The predicted octanol–water partition coefficient (Wildman–Crippen LogP) is 3.96.